The van der Waals surface area contributed by atoms with Crippen molar-refractivity contribution in [3.05, 3.63) is 12.3 Å². The molecule has 0 aliphatic carbocycles. The normalized spacial score (nSPS) is 25.7. The monoisotopic (exact) mass is 238 g/mol. The Bertz CT molecular complexity index is 101. The van der Waals surface area contributed by atoms with E-state index in [0.717, 1.165) is 12.5 Å². The van der Waals surface area contributed by atoms with Gasteiger partial charge in [-0.25, -0.2) is 0 Å². The third-order valence-corrected chi connectivity index (χ3v) is 2.16. The summed E-state index contributed by atoms with van der Waals surface area (Å²) in [6, 6.07) is 0. The maximum atomic E-state index is 5.06. The Kier molecular flexibility index (Phi) is 3.40. The molecule has 1 atom stereocenters. The molecule has 9 heavy (non-hydrogen) atoms. The number of rotatable bonds is 2. The molecule has 0 N–H and O–H groups in total. The van der Waals surface area contributed by atoms with Crippen LogP contribution in [-0.4, -0.2) is 11.0 Å². The number of halogens is 1. The third kappa shape index (κ3) is 2.56. The van der Waals surface area contributed by atoms with E-state index in [2.05, 4.69) is 28.7 Å². The fraction of sp³-hybridized carbons (Fsp3) is 0.714. The van der Waals surface area contributed by atoms with Crippen molar-refractivity contribution in [3.63, 3.8) is 0 Å². The van der Waals surface area contributed by atoms with Gasteiger partial charge in [-0.2, -0.15) is 0 Å². The lowest BCUT2D eigenvalue weighted by molar-refractivity contribution is 0.207. The van der Waals surface area contributed by atoms with Crippen LogP contribution in [0, 0.1) is 5.92 Å². The molecule has 0 bridgehead atoms. The molecule has 1 heterocycles. The summed E-state index contributed by atoms with van der Waals surface area (Å²) in [5.41, 5.74) is 0. The SMILES string of the molecule is ICCC1C=COCC1. The summed E-state index contributed by atoms with van der Waals surface area (Å²) in [6.07, 6.45) is 6.52. The molecule has 0 aromatic carbocycles. The summed E-state index contributed by atoms with van der Waals surface area (Å²) in [4.78, 5) is 0. The molecule has 1 nitrogen and oxygen atoms in total. The van der Waals surface area contributed by atoms with Crippen LogP contribution in [-0.2, 0) is 4.74 Å². The number of ether oxygens (including phenoxy) is 1. The van der Waals surface area contributed by atoms with E-state index in [1.54, 1.807) is 0 Å². The second-order valence-electron chi connectivity index (χ2n) is 2.23. The lowest BCUT2D eigenvalue weighted by Crippen LogP contribution is -2.06. The van der Waals surface area contributed by atoms with Crippen LogP contribution < -0.4 is 0 Å². The summed E-state index contributed by atoms with van der Waals surface area (Å²) in [7, 11) is 0. The van der Waals surface area contributed by atoms with Crippen molar-refractivity contribution in [3.8, 4) is 0 Å². The van der Waals surface area contributed by atoms with Crippen molar-refractivity contribution in [2.75, 3.05) is 11.0 Å². The number of hydrogen-bond donors (Lipinski definition) is 0. The maximum absolute atomic E-state index is 5.06. The highest BCUT2D eigenvalue weighted by molar-refractivity contribution is 14.1. The zero-order valence-electron chi connectivity index (χ0n) is 5.35. The third-order valence-electron chi connectivity index (χ3n) is 1.53. The highest BCUT2D eigenvalue weighted by Gasteiger charge is 2.06. The van der Waals surface area contributed by atoms with E-state index >= 15 is 0 Å². The van der Waals surface area contributed by atoms with Crippen molar-refractivity contribution in [2.45, 2.75) is 12.8 Å². The largest absolute Gasteiger partial charge is 0.501 e. The van der Waals surface area contributed by atoms with Crippen molar-refractivity contribution >= 4 is 22.6 Å². The van der Waals surface area contributed by atoms with Gasteiger partial charge in [-0.05, 0) is 24.8 Å². The Morgan fingerprint density at radius 2 is 2.56 bits per heavy atom. The first-order valence-electron chi connectivity index (χ1n) is 3.27. The average Bonchev–Trinajstić information content (AvgIpc) is 1.91. The van der Waals surface area contributed by atoms with Gasteiger partial charge in [0.05, 0.1) is 12.9 Å². The highest BCUT2D eigenvalue weighted by Crippen LogP contribution is 2.15. The molecule has 1 unspecified atom stereocenters. The Morgan fingerprint density at radius 3 is 3.11 bits per heavy atom. The van der Waals surface area contributed by atoms with Crippen molar-refractivity contribution in [1.82, 2.24) is 0 Å². The predicted molar refractivity (Wildman–Crippen MR) is 46.7 cm³/mol. The van der Waals surface area contributed by atoms with Crippen LogP contribution in [0.1, 0.15) is 12.8 Å². The van der Waals surface area contributed by atoms with Crippen LogP contribution in [0.15, 0.2) is 12.3 Å². The van der Waals surface area contributed by atoms with Crippen LogP contribution >= 0.6 is 22.6 Å². The fourth-order valence-electron chi connectivity index (χ4n) is 0.931. The van der Waals surface area contributed by atoms with E-state index in [1.165, 1.54) is 17.3 Å². The minimum absolute atomic E-state index is 0.788. The van der Waals surface area contributed by atoms with Gasteiger partial charge in [0.1, 0.15) is 0 Å². The number of allylic oxidation sites excluding steroid dienone is 1. The van der Waals surface area contributed by atoms with Gasteiger partial charge in [0.2, 0.25) is 0 Å². The standard InChI is InChI=1S/C7H11IO/c8-4-1-7-2-5-9-6-3-7/h2,5,7H,1,3-4,6H2. The summed E-state index contributed by atoms with van der Waals surface area (Å²) >= 11 is 2.42. The minimum Gasteiger partial charge on any atom is -0.501 e. The van der Waals surface area contributed by atoms with Crippen LogP contribution in [0.3, 0.4) is 0 Å². The molecule has 1 aliphatic heterocycles. The van der Waals surface area contributed by atoms with Crippen molar-refractivity contribution in [1.29, 1.82) is 0 Å². The lowest BCUT2D eigenvalue weighted by atomic mass is 10.0. The van der Waals surface area contributed by atoms with Crippen molar-refractivity contribution in [2.24, 2.45) is 5.92 Å². The Balaban J connectivity index is 2.23. The van der Waals surface area contributed by atoms with Crippen LogP contribution in [0.5, 0.6) is 0 Å². The molecule has 52 valence electrons. The zero-order chi connectivity index (χ0) is 6.53. The van der Waals surface area contributed by atoms with E-state index in [0.29, 0.717) is 0 Å². The number of hydrogen-bond acceptors (Lipinski definition) is 1. The molecule has 0 aromatic heterocycles. The van der Waals surface area contributed by atoms with E-state index in [-0.39, 0.29) is 0 Å². The van der Waals surface area contributed by atoms with Gasteiger partial charge in [-0.3, -0.25) is 0 Å². The molecule has 0 fully saturated rings. The van der Waals surface area contributed by atoms with Gasteiger partial charge in [-0.1, -0.05) is 22.6 Å². The van der Waals surface area contributed by atoms with Crippen LogP contribution in [0.4, 0.5) is 0 Å². The second-order valence-corrected chi connectivity index (χ2v) is 3.30. The molecule has 0 aromatic rings. The minimum atomic E-state index is 0.788. The van der Waals surface area contributed by atoms with Gasteiger partial charge < -0.3 is 4.74 Å². The maximum Gasteiger partial charge on any atom is 0.0878 e. The van der Waals surface area contributed by atoms with E-state index in [4.69, 9.17) is 4.74 Å². The van der Waals surface area contributed by atoms with Gasteiger partial charge in [0.15, 0.2) is 0 Å². The molecule has 0 saturated carbocycles. The number of alkyl halides is 1. The Hall–Kier alpha value is 0.270. The molecular formula is C7H11IO. The van der Waals surface area contributed by atoms with Crippen LogP contribution in [0.2, 0.25) is 0 Å². The van der Waals surface area contributed by atoms with E-state index < -0.39 is 0 Å². The first-order valence-corrected chi connectivity index (χ1v) is 4.80. The molecule has 2 heteroatoms. The lowest BCUT2D eigenvalue weighted by Gasteiger charge is -2.14. The van der Waals surface area contributed by atoms with Crippen LogP contribution in [0.25, 0.3) is 0 Å². The van der Waals surface area contributed by atoms with Gasteiger partial charge >= 0.3 is 0 Å². The fourth-order valence-corrected chi connectivity index (χ4v) is 1.73. The molecule has 0 amide bonds. The zero-order valence-corrected chi connectivity index (χ0v) is 7.50. The molecular weight excluding hydrogens is 227 g/mol. The second kappa shape index (κ2) is 4.14. The molecule has 0 radical (unpaired) electrons. The smallest absolute Gasteiger partial charge is 0.0878 e. The Morgan fingerprint density at radius 1 is 1.67 bits per heavy atom. The molecule has 0 saturated heterocycles. The average molecular weight is 238 g/mol. The van der Waals surface area contributed by atoms with E-state index in [1.807, 2.05) is 6.26 Å². The van der Waals surface area contributed by atoms with E-state index in [9.17, 15) is 0 Å². The highest BCUT2D eigenvalue weighted by atomic mass is 127. The summed E-state index contributed by atoms with van der Waals surface area (Å²) in [6.45, 7) is 0.914. The molecule has 1 rings (SSSR count). The van der Waals surface area contributed by atoms with Gasteiger partial charge in [0, 0.05) is 4.43 Å². The first-order chi connectivity index (χ1) is 4.43. The summed E-state index contributed by atoms with van der Waals surface area (Å²) < 4.78 is 6.32. The first kappa shape index (κ1) is 7.38. The van der Waals surface area contributed by atoms with Gasteiger partial charge in [-0.15, -0.1) is 0 Å². The summed E-state index contributed by atoms with van der Waals surface area (Å²) in [5.74, 6) is 0.788. The summed E-state index contributed by atoms with van der Waals surface area (Å²) in [5, 5.41) is 0. The quantitative estimate of drug-likeness (QED) is 0.530. The predicted octanol–water partition coefficient (Wildman–Crippen LogP) is 2.36. The molecule has 1 aliphatic rings. The molecule has 0 spiro atoms. The topological polar surface area (TPSA) is 9.23 Å². The van der Waals surface area contributed by atoms with Gasteiger partial charge in [0.25, 0.3) is 0 Å². The Labute approximate surface area is 69.6 Å². The van der Waals surface area contributed by atoms with Crippen molar-refractivity contribution < 1.29 is 4.74 Å².